The Morgan fingerprint density at radius 3 is 3.00 bits per heavy atom. The summed E-state index contributed by atoms with van der Waals surface area (Å²) in [7, 11) is 1.84. The molecule has 4 nitrogen and oxygen atoms in total. The number of nitrogens with zero attached hydrogens (tertiary/aromatic N) is 1. The number of anilines is 1. The van der Waals surface area contributed by atoms with Crippen LogP contribution in [0.2, 0.25) is 0 Å². The molecule has 0 spiro atoms. The summed E-state index contributed by atoms with van der Waals surface area (Å²) < 4.78 is 0. The first kappa shape index (κ1) is 9.83. The van der Waals surface area contributed by atoms with Crippen LogP contribution in [-0.2, 0) is 6.42 Å². The predicted octanol–water partition coefficient (Wildman–Crippen LogP) is 1.20. The largest absolute Gasteiger partial charge is 0.370 e. The highest BCUT2D eigenvalue weighted by molar-refractivity contribution is 5.75. The van der Waals surface area contributed by atoms with Gasteiger partial charge in [-0.2, -0.15) is 0 Å². The van der Waals surface area contributed by atoms with Crippen molar-refractivity contribution in [1.82, 2.24) is 4.90 Å². The van der Waals surface area contributed by atoms with Crippen LogP contribution in [0.25, 0.3) is 0 Å². The lowest BCUT2D eigenvalue weighted by molar-refractivity contribution is 0.366. The van der Waals surface area contributed by atoms with Gasteiger partial charge in [-0.05, 0) is 24.5 Å². The SMILES string of the molecule is CN(C(=N)N)C1CCc2ccccc2N1. The molecule has 0 bridgehead atoms. The van der Waals surface area contributed by atoms with E-state index >= 15 is 0 Å². The molecule has 1 unspecified atom stereocenters. The van der Waals surface area contributed by atoms with Gasteiger partial charge in [0.1, 0.15) is 6.17 Å². The highest BCUT2D eigenvalue weighted by Gasteiger charge is 2.21. The molecule has 80 valence electrons. The number of hydrogen-bond donors (Lipinski definition) is 3. The number of guanidine groups is 1. The number of nitrogens with one attached hydrogen (secondary N) is 2. The molecule has 1 aliphatic rings. The van der Waals surface area contributed by atoms with Gasteiger partial charge in [-0.25, -0.2) is 0 Å². The van der Waals surface area contributed by atoms with E-state index in [9.17, 15) is 0 Å². The van der Waals surface area contributed by atoms with Crippen molar-refractivity contribution in [2.24, 2.45) is 5.73 Å². The zero-order valence-electron chi connectivity index (χ0n) is 8.83. The lowest BCUT2D eigenvalue weighted by Crippen LogP contribution is -2.46. The first-order valence-corrected chi connectivity index (χ1v) is 5.10. The lowest BCUT2D eigenvalue weighted by Gasteiger charge is -2.34. The second kappa shape index (κ2) is 3.81. The van der Waals surface area contributed by atoms with Crippen LogP contribution in [0, 0.1) is 5.41 Å². The molecule has 0 saturated carbocycles. The minimum Gasteiger partial charge on any atom is -0.370 e. The molecule has 15 heavy (non-hydrogen) atoms. The summed E-state index contributed by atoms with van der Waals surface area (Å²) in [6, 6.07) is 8.26. The predicted molar refractivity (Wildman–Crippen MR) is 61.9 cm³/mol. The molecule has 1 aromatic carbocycles. The highest BCUT2D eigenvalue weighted by Crippen LogP contribution is 2.24. The minimum atomic E-state index is 0.104. The van der Waals surface area contributed by atoms with Crippen molar-refractivity contribution in [3.8, 4) is 0 Å². The number of para-hydroxylation sites is 1. The number of aryl methyl sites for hydroxylation is 1. The van der Waals surface area contributed by atoms with Crippen molar-refractivity contribution in [3.63, 3.8) is 0 Å². The maximum atomic E-state index is 7.38. The Labute approximate surface area is 89.6 Å². The Kier molecular flexibility index (Phi) is 2.49. The molecule has 4 N–H and O–H groups in total. The summed E-state index contributed by atoms with van der Waals surface area (Å²) >= 11 is 0. The van der Waals surface area contributed by atoms with Crippen LogP contribution in [0.4, 0.5) is 5.69 Å². The molecule has 4 heteroatoms. The first-order chi connectivity index (χ1) is 7.18. The third-order valence-electron chi connectivity index (χ3n) is 2.87. The van der Waals surface area contributed by atoms with Gasteiger partial charge in [0, 0.05) is 12.7 Å². The Bertz CT molecular complexity index is 375. The fraction of sp³-hybridized carbons (Fsp3) is 0.364. The molecule has 0 radical (unpaired) electrons. The standard InChI is InChI=1S/C11H16N4/c1-15(11(12)13)10-7-6-8-4-2-3-5-9(8)14-10/h2-5,10,14H,6-7H2,1H3,(H3,12,13). The summed E-state index contributed by atoms with van der Waals surface area (Å²) in [5.41, 5.74) is 7.95. The minimum absolute atomic E-state index is 0.104. The number of hydrogen-bond acceptors (Lipinski definition) is 2. The summed E-state index contributed by atoms with van der Waals surface area (Å²) in [5.74, 6) is 0.104. The van der Waals surface area contributed by atoms with E-state index in [1.165, 1.54) is 5.56 Å². The quantitative estimate of drug-likeness (QED) is 0.475. The third kappa shape index (κ3) is 1.88. The van der Waals surface area contributed by atoms with Crippen LogP contribution in [0.15, 0.2) is 24.3 Å². The molecule has 0 fully saturated rings. The van der Waals surface area contributed by atoms with E-state index in [0.29, 0.717) is 0 Å². The molecular weight excluding hydrogens is 188 g/mol. The highest BCUT2D eigenvalue weighted by atomic mass is 15.3. The summed E-state index contributed by atoms with van der Waals surface area (Å²) in [6.07, 6.45) is 2.15. The number of fused-ring (bicyclic) bond motifs is 1. The van der Waals surface area contributed by atoms with Gasteiger partial charge in [0.15, 0.2) is 5.96 Å². The first-order valence-electron chi connectivity index (χ1n) is 5.10. The molecule has 1 heterocycles. The maximum Gasteiger partial charge on any atom is 0.189 e. The molecule has 2 rings (SSSR count). The van der Waals surface area contributed by atoms with Crippen LogP contribution >= 0.6 is 0 Å². The van der Waals surface area contributed by atoms with Gasteiger partial charge in [-0.15, -0.1) is 0 Å². The molecular formula is C11H16N4. The van der Waals surface area contributed by atoms with Gasteiger partial charge in [0.05, 0.1) is 0 Å². The number of nitrogens with two attached hydrogens (primary N) is 1. The molecule has 1 aliphatic heterocycles. The van der Waals surface area contributed by atoms with Crippen molar-refractivity contribution < 1.29 is 0 Å². The molecule has 0 amide bonds. The fourth-order valence-corrected chi connectivity index (χ4v) is 1.88. The Morgan fingerprint density at radius 2 is 2.27 bits per heavy atom. The van der Waals surface area contributed by atoms with Crippen molar-refractivity contribution in [2.45, 2.75) is 19.0 Å². The van der Waals surface area contributed by atoms with E-state index in [0.717, 1.165) is 18.5 Å². The second-order valence-electron chi connectivity index (χ2n) is 3.85. The van der Waals surface area contributed by atoms with E-state index in [4.69, 9.17) is 11.1 Å². The van der Waals surface area contributed by atoms with Crippen LogP contribution in [0.1, 0.15) is 12.0 Å². The topological polar surface area (TPSA) is 65.1 Å². The van der Waals surface area contributed by atoms with E-state index in [1.54, 1.807) is 4.90 Å². The van der Waals surface area contributed by atoms with Gasteiger partial charge in [0.25, 0.3) is 0 Å². The average molecular weight is 204 g/mol. The number of rotatable bonds is 1. The molecule has 0 aliphatic carbocycles. The normalized spacial score (nSPS) is 18.9. The molecule has 1 atom stereocenters. The average Bonchev–Trinajstić information content (AvgIpc) is 2.27. The fourth-order valence-electron chi connectivity index (χ4n) is 1.88. The Hall–Kier alpha value is -1.71. The van der Waals surface area contributed by atoms with Crippen LogP contribution < -0.4 is 11.1 Å². The molecule has 0 aromatic heterocycles. The smallest absolute Gasteiger partial charge is 0.189 e. The van der Waals surface area contributed by atoms with E-state index in [-0.39, 0.29) is 12.1 Å². The van der Waals surface area contributed by atoms with Crippen molar-refractivity contribution in [3.05, 3.63) is 29.8 Å². The summed E-state index contributed by atoms with van der Waals surface area (Å²) in [6.45, 7) is 0. The monoisotopic (exact) mass is 204 g/mol. The van der Waals surface area contributed by atoms with Crippen LogP contribution in [0.5, 0.6) is 0 Å². The van der Waals surface area contributed by atoms with Gasteiger partial charge >= 0.3 is 0 Å². The molecule has 1 aromatic rings. The van der Waals surface area contributed by atoms with E-state index < -0.39 is 0 Å². The van der Waals surface area contributed by atoms with Crippen LogP contribution in [0.3, 0.4) is 0 Å². The van der Waals surface area contributed by atoms with Crippen LogP contribution in [-0.4, -0.2) is 24.1 Å². The lowest BCUT2D eigenvalue weighted by atomic mass is 10.0. The van der Waals surface area contributed by atoms with Gasteiger partial charge < -0.3 is 16.0 Å². The maximum absolute atomic E-state index is 7.38. The van der Waals surface area contributed by atoms with Crippen molar-refractivity contribution >= 4 is 11.6 Å². The van der Waals surface area contributed by atoms with Gasteiger partial charge in [-0.3, -0.25) is 5.41 Å². The zero-order valence-corrected chi connectivity index (χ0v) is 8.83. The van der Waals surface area contributed by atoms with Crippen molar-refractivity contribution in [1.29, 1.82) is 5.41 Å². The summed E-state index contributed by atoms with van der Waals surface area (Å²) in [4.78, 5) is 1.76. The number of benzene rings is 1. The van der Waals surface area contributed by atoms with Gasteiger partial charge in [-0.1, -0.05) is 18.2 Å². The van der Waals surface area contributed by atoms with E-state index in [1.807, 2.05) is 13.1 Å². The Morgan fingerprint density at radius 1 is 1.53 bits per heavy atom. The van der Waals surface area contributed by atoms with Gasteiger partial charge in [0.2, 0.25) is 0 Å². The summed E-state index contributed by atoms with van der Waals surface area (Å²) in [5, 5.41) is 10.8. The van der Waals surface area contributed by atoms with E-state index in [2.05, 4.69) is 23.5 Å². The Balaban J connectivity index is 2.15. The second-order valence-corrected chi connectivity index (χ2v) is 3.85. The zero-order chi connectivity index (χ0) is 10.8. The van der Waals surface area contributed by atoms with Crippen molar-refractivity contribution in [2.75, 3.05) is 12.4 Å². The molecule has 0 saturated heterocycles. The third-order valence-corrected chi connectivity index (χ3v) is 2.87.